The second kappa shape index (κ2) is 8.15. The van der Waals surface area contributed by atoms with E-state index in [0.717, 1.165) is 0 Å². The lowest BCUT2D eigenvalue weighted by atomic mass is 10.0. The van der Waals surface area contributed by atoms with Crippen LogP contribution in [0.15, 0.2) is 0 Å². The van der Waals surface area contributed by atoms with Crippen LogP contribution in [0.1, 0.15) is 6.92 Å². The van der Waals surface area contributed by atoms with Crippen LogP contribution in [-0.4, -0.2) is 81.0 Å². The van der Waals surface area contributed by atoms with E-state index in [2.05, 4.69) is 4.74 Å². The van der Waals surface area contributed by atoms with E-state index in [4.69, 9.17) is 21.1 Å². The molecule has 0 radical (unpaired) electrons. The predicted molar refractivity (Wildman–Crippen MR) is 60.7 cm³/mol. The van der Waals surface area contributed by atoms with E-state index in [1.165, 1.54) is 6.92 Å². The Hall–Kier alpha value is -1.10. The number of hydrogen-bond donors (Lipinski definition) is 6. The van der Waals surface area contributed by atoms with Crippen molar-refractivity contribution in [3.8, 4) is 0 Å². The molecule has 0 aliphatic carbocycles. The van der Waals surface area contributed by atoms with Crippen LogP contribution in [-0.2, 0) is 14.3 Å². The van der Waals surface area contributed by atoms with E-state index in [1.54, 1.807) is 0 Å². The summed E-state index contributed by atoms with van der Waals surface area (Å²) in [6, 6.07) is -1.42. The molecule has 0 aliphatic heterocycles. The van der Waals surface area contributed by atoms with Crippen LogP contribution < -0.4 is 5.73 Å². The second-order valence-corrected chi connectivity index (χ2v) is 4.04. The Morgan fingerprint density at radius 2 is 1.79 bits per heavy atom. The number of ether oxygens (including phenoxy) is 1. The topological polar surface area (TPSA) is 171 Å². The maximum Gasteiger partial charge on any atom is 0.326 e. The fourth-order valence-corrected chi connectivity index (χ4v) is 1.12. The zero-order valence-electron chi connectivity index (χ0n) is 10.3. The quantitative estimate of drug-likeness (QED) is 0.191. The van der Waals surface area contributed by atoms with E-state index in [0.29, 0.717) is 0 Å². The first-order valence-corrected chi connectivity index (χ1v) is 5.50. The largest absolute Gasteiger partial charge is 0.451 e. The normalized spacial score (nSPS) is 20.8. The molecule has 9 heteroatoms. The molecule has 0 aliphatic rings. The van der Waals surface area contributed by atoms with Crippen LogP contribution in [0.25, 0.3) is 0 Å². The number of rotatable bonds is 8. The van der Waals surface area contributed by atoms with Crippen molar-refractivity contribution in [1.29, 1.82) is 0 Å². The molecule has 9 nitrogen and oxygen atoms in total. The molecule has 0 aromatic carbocycles. The number of aliphatic hydroxyl groups is 5. The highest BCUT2D eigenvalue weighted by Crippen LogP contribution is 2.08. The Balaban J connectivity index is 4.66. The maximum atomic E-state index is 11.3. The summed E-state index contributed by atoms with van der Waals surface area (Å²) in [6.07, 6.45) is -8.52. The van der Waals surface area contributed by atoms with Gasteiger partial charge in [-0.05, 0) is 6.92 Å². The Kier molecular flexibility index (Phi) is 7.68. The fraction of sp³-hybridized carbons (Fsp3) is 0.800. The first-order valence-electron chi connectivity index (χ1n) is 5.50. The molecular formula is C10H19NO8. The number of carbonyl (C=O) groups is 2. The summed E-state index contributed by atoms with van der Waals surface area (Å²) in [5.74, 6) is -1.16. The maximum absolute atomic E-state index is 11.3. The summed E-state index contributed by atoms with van der Waals surface area (Å²) >= 11 is 0. The Labute approximate surface area is 109 Å². The molecule has 0 saturated carbocycles. The van der Waals surface area contributed by atoms with Gasteiger partial charge >= 0.3 is 5.97 Å². The van der Waals surface area contributed by atoms with Gasteiger partial charge in [0.05, 0.1) is 12.7 Å². The van der Waals surface area contributed by atoms with Crippen LogP contribution in [0.2, 0.25) is 0 Å². The van der Waals surface area contributed by atoms with Gasteiger partial charge in [-0.1, -0.05) is 0 Å². The zero-order chi connectivity index (χ0) is 15.2. The molecule has 0 aromatic rings. The van der Waals surface area contributed by atoms with E-state index in [-0.39, 0.29) is 6.29 Å². The molecule has 0 saturated heterocycles. The number of nitrogens with two attached hydrogens (primary N) is 1. The summed E-state index contributed by atoms with van der Waals surface area (Å²) < 4.78 is 4.51. The third-order valence-corrected chi connectivity index (χ3v) is 2.45. The number of esters is 1. The highest BCUT2D eigenvalue weighted by molar-refractivity contribution is 5.78. The first kappa shape index (κ1) is 17.9. The Morgan fingerprint density at radius 3 is 2.16 bits per heavy atom. The summed E-state index contributed by atoms with van der Waals surface area (Å²) in [5.41, 5.74) is 5.25. The average Bonchev–Trinajstić information content (AvgIpc) is 2.40. The van der Waals surface area contributed by atoms with Gasteiger partial charge in [-0.15, -0.1) is 0 Å². The van der Waals surface area contributed by atoms with Gasteiger partial charge in [-0.3, -0.25) is 9.59 Å². The lowest BCUT2D eigenvalue weighted by Crippen LogP contribution is -2.50. The van der Waals surface area contributed by atoms with Crippen LogP contribution in [0, 0.1) is 0 Å². The lowest BCUT2D eigenvalue weighted by molar-refractivity contribution is -0.171. The van der Waals surface area contributed by atoms with Crippen LogP contribution in [0.5, 0.6) is 0 Å². The summed E-state index contributed by atoms with van der Waals surface area (Å²) in [6.45, 7) is 0.369. The van der Waals surface area contributed by atoms with Gasteiger partial charge in [0.25, 0.3) is 0 Å². The van der Waals surface area contributed by atoms with E-state index >= 15 is 0 Å². The lowest BCUT2D eigenvalue weighted by Gasteiger charge is -2.26. The first-order chi connectivity index (χ1) is 8.76. The number of aliphatic hydroxyl groups excluding tert-OH is 5. The van der Waals surface area contributed by atoms with Gasteiger partial charge in [0.15, 0.2) is 12.4 Å². The van der Waals surface area contributed by atoms with Gasteiger partial charge in [-0.2, -0.15) is 0 Å². The van der Waals surface area contributed by atoms with Crippen molar-refractivity contribution >= 4 is 12.3 Å². The van der Waals surface area contributed by atoms with Crippen molar-refractivity contribution < 1.29 is 39.9 Å². The Morgan fingerprint density at radius 1 is 1.26 bits per heavy atom. The minimum absolute atomic E-state index is 0.0324. The minimum atomic E-state index is -1.94. The van der Waals surface area contributed by atoms with Crippen molar-refractivity contribution in [2.24, 2.45) is 5.73 Å². The molecule has 0 heterocycles. The zero-order valence-corrected chi connectivity index (χ0v) is 10.3. The van der Waals surface area contributed by atoms with Crippen LogP contribution in [0.3, 0.4) is 0 Å². The molecule has 0 rings (SSSR count). The summed E-state index contributed by atoms with van der Waals surface area (Å²) in [5, 5.41) is 45.6. The molecular weight excluding hydrogens is 262 g/mol. The SMILES string of the molecule is C[C@@H](O)[C@H](N)C(=O)O[C@H](C=O)[C@@H](O)[C@H](O)[C@H](O)CO. The van der Waals surface area contributed by atoms with Crippen LogP contribution >= 0.6 is 0 Å². The van der Waals surface area contributed by atoms with Crippen molar-refractivity contribution in [3.05, 3.63) is 0 Å². The van der Waals surface area contributed by atoms with E-state index in [1.807, 2.05) is 0 Å². The third kappa shape index (κ3) is 5.19. The van der Waals surface area contributed by atoms with Gasteiger partial charge in [-0.25, -0.2) is 0 Å². The second-order valence-electron chi connectivity index (χ2n) is 4.04. The standard InChI is InChI=1S/C10H19NO8/c1-4(14)7(11)10(18)19-6(3-13)9(17)8(16)5(15)2-12/h3-9,12,14-17H,2,11H2,1H3/t4-,5-,6-,7+,8-,9-/m1/s1. The third-order valence-electron chi connectivity index (χ3n) is 2.45. The molecule has 6 atom stereocenters. The molecule has 0 aromatic heterocycles. The molecule has 112 valence electrons. The molecule has 0 bridgehead atoms. The number of aldehydes is 1. The van der Waals surface area contributed by atoms with Gasteiger partial charge < -0.3 is 36.0 Å². The molecule has 0 fully saturated rings. The minimum Gasteiger partial charge on any atom is -0.451 e. The number of hydrogen-bond acceptors (Lipinski definition) is 9. The van der Waals surface area contributed by atoms with Crippen molar-refractivity contribution in [3.63, 3.8) is 0 Å². The average molecular weight is 281 g/mol. The smallest absolute Gasteiger partial charge is 0.326 e. The molecule has 0 spiro atoms. The summed E-state index contributed by atoms with van der Waals surface area (Å²) in [7, 11) is 0. The van der Waals surface area contributed by atoms with Crippen molar-refractivity contribution in [1.82, 2.24) is 0 Å². The molecule has 0 unspecified atom stereocenters. The molecule has 19 heavy (non-hydrogen) atoms. The fourth-order valence-electron chi connectivity index (χ4n) is 1.12. The van der Waals surface area contributed by atoms with Crippen molar-refractivity contribution in [2.75, 3.05) is 6.61 Å². The van der Waals surface area contributed by atoms with Gasteiger partial charge in [0.2, 0.25) is 0 Å². The predicted octanol–water partition coefficient (Wildman–Crippen LogP) is -4.12. The van der Waals surface area contributed by atoms with E-state index in [9.17, 15) is 19.8 Å². The van der Waals surface area contributed by atoms with Gasteiger partial charge in [0, 0.05) is 0 Å². The highest BCUT2D eigenvalue weighted by atomic mass is 16.6. The summed E-state index contributed by atoms with van der Waals surface area (Å²) in [4.78, 5) is 22.0. The van der Waals surface area contributed by atoms with E-state index < -0.39 is 49.1 Å². The molecule has 7 N–H and O–H groups in total. The highest BCUT2D eigenvalue weighted by Gasteiger charge is 2.35. The molecule has 0 amide bonds. The number of carbonyl (C=O) groups excluding carboxylic acids is 2. The Bertz CT molecular complexity index is 297. The van der Waals surface area contributed by atoms with Crippen molar-refractivity contribution in [2.45, 2.75) is 43.5 Å². The monoisotopic (exact) mass is 281 g/mol. The van der Waals surface area contributed by atoms with Gasteiger partial charge in [0.1, 0.15) is 24.4 Å². The van der Waals surface area contributed by atoms with Crippen LogP contribution in [0.4, 0.5) is 0 Å².